The van der Waals surface area contributed by atoms with E-state index in [9.17, 15) is 26.3 Å². The predicted octanol–water partition coefficient (Wildman–Crippen LogP) is 8.39. The lowest BCUT2D eigenvalue weighted by atomic mass is 9.36. The van der Waals surface area contributed by atoms with E-state index < -0.39 is 95.3 Å². The monoisotopic (exact) mass is 656 g/mol. The van der Waals surface area contributed by atoms with Gasteiger partial charge in [0.25, 0.3) is 6.71 Å². The quantitative estimate of drug-likeness (QED) is 0.0647. The molecule has 0 aliphatic heterocycles. The first-order valence-electron chi connectivity index (χ1n) is 13.2. The minimum absolute atomic E-state index is 0.101. The molecule has 4 aromatic rings. The highest BCUT2D eigenvalue weighted by molar-refractivity contribution is 6.96. The summed E-state index contributed by atoms with van der Waals surface area (Å²) in [6.07, 6.45) is 0. The molecule has 0 saturated carbocycles. The summed E-state index contributed by atoms with van der Waals surface area (Å²) < 4.78 is 151. The van der Waals surface area contributed by atoms with E-state index >= 15 is 17.6 Å². The summed E-state index contributed by atoms with van der Waals surface area (Å²) in [7, 11) is -2.19. The Bertz CT molecular complexity index is 1680. The molecule has 0 fully saturated rings. The lowest BCUT2D eigenvalue weighted by molar-refractivity contribution is 0.382. The molecule has 0 atom stereocenters. The van der Waals surface area contributed by atoms with Gasteiger partial charge in [-0.3, -0.25) is 0 Å². The summed E-state index contributed by atoms with van der Waals surface area (Å²) in [5.74, 6) is -24.9. The third kappa shape index (κ3) is 6.22. The van der Waals surface area contributed by atoms with Crippen LogP contribution in [0.1, 0.15) is 20.8 Å². The molecule has 0 saturated heterocycles. The van der Waals surface area contributed by atoms with Gasteiger partial charge < -0.3 is 4.43 Å². The van der Waals surface area contributed by atoms with Gasteiger partial charge in [-0.2, -0.15) is 10.2 Å². The van der Waals surface area contributed by atoms with Gasteiger partial charge in [0.1, 0.15) is 5.75 Å². The van der Waals surface area contributed by atoms with Gasteiger partial charge in [0.15, 0.2) is 58.2 Å². The molecule has 0 amide bonds. The Morgan fingerprint density at radius 3 is 1.38 bits per heavy atom. The van der Waals surface area contributed by atoms with Crippen LogP contribution in [0.25, 0.3) is 0 Å². The fourth-order valence-corrected chi connectivity index (χ4v) is 5.20. The SMILES string of the molecule is CC(C)(C)[Si](C)(C)Oc1ccc(N=Nc2ccccc2B(c2c(F)c(F)c(F)c(F)c2F)c2c(F)c(F)c(F)c(F)c2F)cc1. The lowest BCUT2D eigenvalue weighted by Gasteiger charge is -2.36. The number of rotatable bonds is 7. The van der Waals surface area contributed by atoms with Gasteiger partial charge in [0, 0.05) is 10.9 Å². The van der Waals surface area contributed by atoms with Crippen LogP contribution in [0.3, 0.4) is 0 Å². The molecule has 4 rings (SSSR count). The highest BCUT2D eigenvalue weighted by Crippen LogP contribution is 2.37. The van der Waals surface area contributed by atoms with Crippen LogP contribution >= 0.6 is 0 Å². The van der Waals surface area contributed by atoms with Crippen molar-refractivity contribution in [3.63, 3.8) is 0 Å². The molecule has 0 N–H and O–H groups in total. The number of hydrogen-bond donors (Lipinski definition) is 0. The zero-order chi connectivity index (χ0) is 33.6. The van der Waals surface area contributed by atoms with Gasteiger partial charge in [-0.25, -0.2) is 43.9 Å². The van der Waals surface area contributed by atoms with E-state index in [1.165, 1.54) is 18.2 Å². The molecule has 236 valence electrons. The second kappa shape index (κ2) is 12.3. The Balaban J connectivity index is 1.90. The van der Waals surface area contributed by atoms with Gasteiger partial charge in [-0.1, -0.05) is 39.0 Å². The molecule has 0 spiro atoms. The number of halogens is 10. The molecule has 3 nitrogen and oxygen atoms in total. The fourth-order valence-electron chi connectivity index (χ4n) is 4.17. The molecular weight excluding hydrogens is 633 g/mol. The van der Waals surface area contributed by atoms with Crippen molar-refractivity contribution in [2.75, 3.05) is 0 Å². The van der Waals surface area contributed by atoms with Crippen molar-refractivity contribution in [3.05, 3.63) is 107 Å². The zero-order valence-electron chi connectivity index (χ0n) is 24.3. The van der Waals surface area contributed by atoms with Gasteiger partial charge in [0.05, 0.1) is 11.4 Å². The fraction of sp³-hybridized carbons (Fsp3) is 0.200. The predicted molar refractivity (Wildman–Crippen MR) is 152 cm³/mol. The van der Waals surface area contributed by atoms with Crippen molar-refractivity contribution >= 4 is 42.8 Å². The second-order valence-electron chi connectivity index (χ2n) is 11.5. The molecule has 0 aromatic heterocycles. The third-order valence-corrected chi connectivity index (χ3v) is 12.0. The molecule has 0 aliphatic rings. The Morgan fingerprint density at radius 1 is 0.556 bits per heavy atom. The molecule has 0 aliphatic carbocycles. The summed E-state index contributed by atoms with van der Waals surface area (Å²) in [4.78, 5) is 0. The van der Waals surface area contributed by atoms with Crippen LogP contribution in [0, 0.1) is 58.2 Å². The van der Waals surface area contributed by atoms with Crippen LogP contribution in [0.4, 0.5) is 55.3 Å². The molecule has 0 unspecified atom stereocenters. The van der Waals surface area contributed by atoms with Crippen LogP contribution in [-0.4, -0.2) is 15.0 Å². The second-order valence-corrected chi connectivity index (χ2v) is 16.2. The smallest absolute Gasteiger partial charge is 0.260 e. The maximum atomic E-state index is 15.1. The Labute approximate surface area is 252 Å². The standard InChI is InChI=1S/C30H23BF10N2OSi/c1-30(2,3)45(4,5)44-15-12-10-14(11-13-15)42-43-17-9-7-6-8-16(17)31(18-20(32)24(36)28(40)25(37)21(18)33)19-22(34)26(38)29(41)27(39)23(19)35/h6-13H,1-5H3. The van der Waals surface area contributed by atoms with Crippen molar-refractivity contribution in [2.24, 2.45) is 10.2 Å². The maximum Gasteiger partial charge on any atom is 0.260 e. The van der Waals surface area contributed by atoms with Crippen molar-refractivity contribution in [1.29, 1.82) is 0 Å². The zero-order valence-corrected chi connectivity index (χ0v) is 25.3. The van der Waals surface area contributed by atoms with Crippen molar-refractivity contribution in [2.45, 2.75) is 38.9 Å². The van der Waals surface area contributed by atoms with Gasteiger partial charge in [0.2, 0.25) is 8.32 Å². The minimum Gasteiger partial charge on any atom is -0.544 e. The summed E-state index contributed by atoms with van der Waals surface area (Å²) in [6.45, 7) is 7.43. The molecule has 15 heteroatoms. The maximum absolute atomic E-state index is 15.1. The average molecular weight is 656 g/mol. The average Bonchev–Trinajstić information content (AvgIpc) is 2.99. The molecule has 0 heterocycles. The van der Waals surface area contributed by atoms with E-state index in [2.05, 4.69) is 10.2 Å². The van der Waals surface area contributed by atoms with E-state index in [4.69, 9.17) is 4.43 Å². The number of nitrogens with zero attached hydrogens (tertiary/aromatic N) is 2. The first-order chi connectivity index (χ1) is 20.9. The van der Waals surface area contributed by atoms with Gasteiger partial charge in [-0.05, 0) is 53.9 Å². The third-order valence-electron chi connectivity index (χ3n) is 7.60. The first kappa shape index (κ1) is 33.7. The first-order valence-corrected chi connectivity index (χ1v) is 16.1. The van der Waals surface area contributed by atoms with E-state index in [0.29, 0.717) is 5.75 Å². The molecule has 45 heavy (non-hydrogen) atoms. The molecule has 4 aromatic carbocycles. The van der Waals surface area contributed by atoms with Crippen molar-refractivity contribution in [3.8, 4) is 5.75 Å². The highest BCUT2D eigenvalue weighted by Gasteiger charge is 2.42. The van der Waals surface area contributed by atoms with E-state index in [-0.39, 0.29) is 10.7 Å². The minimum atomic E-state index is -2.77. The van der Waals surface area contributed by atoms with Crippen LogP contribution in [-0.2, 0) is 0 Å². The van der Waals surface area contributed by atoms with Crippen molar-refractivity contribution < 1.29 is 48.3 Å². The number of benzene rings is 4. The summed E-state index contributed by atoms with van der Waals surface area (Å²) in [5.41, 5.74) is -4.70. The summed E-state index contributed by atoms with van der Waals surface area (Å²) >= 11 is 0. The van der Waals surface area contributed by atoms with Crippen LogP contribution < -0.4 is 20.8 Å². The van der Waals surface area contributed by atoms with E-state index in [0.717, 1.165) is 18.2 Å². The summed E-state index contributed by atoms with van der Waals surface area (Å²) in [6, 6.07) is 10.6. The van der Waals surface area contributed by atoms with Crippen LogP contribution in [0.2, 0.25) is 18.1 Å². The van der Waals surface area contributed by atoms with Crippen molar-refractivity contribution in [1.82, 2.24) is 0 Å². The molecular formula is C30H23BF10N2OSi. The highest BCUT2D eigenvalue weighted by atomic mass is 28.4. The summed E-state index contributed by atoms with van der Waals surface area (Å²) in [5, 5.41) is 7.79. The van der Waals surface area contributed by atoms with E-state index in [1.54, 1.807) is 12.1 Å². The number of azo groups is 1. The Kier molecular flexibility index (Phi) is 9.25. The van der Waals surface area contributed by atoms with Gasteiger partial charge in [-0.15, -0.1) is 0 Å². The van der Waals surface area contributed by atoms with Gasteiger partial charge >= 0.3 is 0 Å². The van der Waals surface area contributed by atoms with Crippen LogP contribution in [0.5, 0.6) is 5.75 Å². The topological polar surface area (TPSA) is 34.0 Å². The molecule has 0 radical (unpaired) electrons. The molecule has 0 bridgehead atoms. The largest absolute Gasteiger partial charge is 0.544 e. The van der Waals surface area contributed by atoms with Crippen LogP contribution in [0.15, 0.2) is 58.8 Å². The Hall–Kier alpha value is -4.14. The van der Waals surface area contributed by atoms with E-state index in [1.807, 2.05) is 33.9 Å². The normalized spacial score (nSPS) is 12.2. The number of hydrogen-bond acceptors (Lipinski definition) is 3. The lowest BCUT2D eigenvalue weighted by Crippen LogP contribution is -2.58. The Morgan fingerprint density at radius 2 is 0.956 bits per heavy atom.